The third kappa shape index (κ3) is 9.73. The molecule has 0 aliphatic rings. The number of phosphoric acid groups is 1. The van der Waals surface area contributed by atoms with Crippen LogP contribution in [0.4, 0.5) is 0 Å². The van der Waals surface area contributed by atoms with Crippen molar-refractivity contribution < 1.29 is 18.9 Å². The summed E-state index contributed by atoms with van der Waals surface area (Å²) < 4.78 is 14.1. The van der Waals surface area contributed by atoms with Crippen LogP contribution in [0.1, 0.15) is 0 Å². The van der Waals surface area contributed by atoms with Gasteiger partial charge in [0.05, 0.1) is 8.07 Å². The Hall–Kier alpha value is -0.273. The minimum Gasteiger partial charge on any atom is -0.350 e. The van der Waals surface area contributed by atoms with Crippen molar-refractivity contribution in [2.45, 2.75) is 25.7 Å². The highest BCUT2D eigenvalue weighted by atomic mass is 31.2. The summed E-state index contributed by atoms with van der Waals surface area (Å²) >= 11 is 0. The van der Waals surface area contributed by atoms with E-state index in [1.165, 1.54) is 0 Å². The lowest BCUT2D eigenvalue weighted by Gasteiger charge is -2.09. The van der Waals surface area contributed by atoms with Crippen molar-refractivity contribution in [2.24, 2.45) is 0 Å². The quantitative estimate of drug-likeness (QED) is 0.409. The van der Waals surface area contributed by atoms with Crippen molar-refractivity contribution in [1.29, 1.82) is 0 Å². The van der Waals surface area contributed by atoms with Crippen LogP contribution in [-0.2, 0) is 9.09 Å². The van der Waals surface area contributed by atoms with Gasteiger partial charge in [-0.25, -0.2) is 4.57 Å². The van der Waals surface area contributed by atoms with E-state index in [0.717, 1.165) is 0 Å². The first-order valence-corrected chi connectivity index (χ1v) is 8.66. The van der Waals surface area contributed by atoms with Gasteiger partial charge in [0, 0.05) is 6.04 Å². The van der Waals surface area contributed by atoms with E-state index in [-0.39, 0.29) is 0 Å². The molecule has 0 saturated heterocycles. The molecule has 0 aliphatic heterocycles. The molecule has 0 fully saturated rings. The molecule has 0 spiro atoms. The van der Waals surface area contributed by atoms with Crippen molar-refractivity contribution >= 4 is 15.9 Å². The van der Waals surface area contributed by atoms with Gasteiger partial charge in [-0.2, -0.15) is 0 Å². The Morgan fingerprint density at radius 3 is 2.25 bits per heavy atom. The first-order valence-electron chi connectivity index (χ1n) is 3.43. The zero-order chi connectivity index (χ0) is 9.83. The minimum absolute atomic E-state index is 0.674. The molecule has 0 unspecified atom stereocenters. The van der Waals surface area contributed by atoms with Gasteiger partial charge in [-0.3, -0.25) is 9.79 Å². The van der Waals surface area contributed by atoms with E-state index in [1.807, 2.05) is 6.11 Å². The molecule has 6 heteroatoms. The summed E-state index contributed by atoms with van der Waals surface area (Å²) in [6.45, 7) is 6.33. The first kappa shape index (κ1) is 11.7. The van der Waals surface area contributed by atoms with E-state index >= 15 is 0 Å². The fraction of sp³-hybridized carbons (Fsp3) is 0.667. The minimum atomic E-state index is -4.41. The fourth-order valence-corrected chi connectivity index (χ4v) is 1.18. The molecule has 0 aliphatic carbocycles. The van der Waals surface area contributed by atoms with Crippen molar-refractivity contribution in [3.8, 4) is 12.0 Å². The lowest BCUT2D eigenvalue weighted by Crippen LogP contribution is -2.17. The van der Waals surface area contributed by atoms with Crippen LogP contribution in [0.15, 0.2) is 0 Å². The number of phosphoric ester groups is 1. The second-order valence-corrected chi connectivity index (χ2v) is 10.2. The molecule has 0 amide bonds. The van der Waals surface area contributed by atoms with Crippen LogP contribution in [-0.4, -0.2) is 17.9 Å². The number of hydrogen-bond donors (Lipinski definition) is 2. The van der Waals surface area contributed by atoms with Gasteiger partial charge < -0.3 is 4.52 Å². The molecule has 70 valence electrons. The highest BCUT2D eigenvalue weighted by molar-refractivity contribution is 7.46. The Labute approximate surface area is 73.2 Å². The molecule has 0 atom stereocenters. The van der Waals surface area contributed by atoms with Crippen LogP contribution in [0.5, 0.6) is 0 Å². The van der Waals surface area contributed by atoms with E-state index in [1.54, 1.807) is 0 Å². The highest BCUT2D eigenvalue weighted by Gasteiger charge is 2.13. The van der Waals surface area contributed by atoms with Crippen LogP contribution in [0.2, 0.25) is 25.7 Å². The molecule has 0 saturated carbocycles. The van der Waals surface area contributed by atoms with Gasteiger partial charge in [0.2, 0.25) is 0 Å². The van der Waals surface area contributed by atoms with E-state index in [2.05, 4.69) is 30.1 Å². The van der Waals surface area contributed by atoms with Gasteiger partial charge in [-0.05, 0) is 0 Å². The predicted molar refractivity (Wildman–Crippen MR) is 49.1 cm³/mol. The maximum absolute atomic E-state index is 10.1. The number of hydrogen-bond acceptors (Lipinski definition) is 2. The third-order valence-corrected chi connectivity index (χ3v) is 2.42. The summed E-state index contributed by atoms with van der Waals surface area (Å²) in [5.74, 6) is 2.58. The summed E-state index contributed by atoms with van der Waals surface area (Å²) in [5.41, 5.74) is 0. The van der Waals surface area contributed by atoms with Gasteiger partial charge in [0.1, 0.15) is 6.11 Å². The zero-order valence-electron chi connectivity index (χ0n) is 7.37. The number of rotatable bonds is 2. The molecule has 2 N–H and O–H groups in total. The molecule has 0 aromatic carbocycles. The van der Waals surface area contributed by atoms with Crippen molar-refractivity contribution in [3.05, 3.63) is 0 Å². The second-order valence-electron chi connectivity index (χ2n) is 3.60. The molecule has 0 heterocycles. The fourth-order valence-electron chi connectivity index (χ4n) is 0.393. The van der Waals surface area contributed by atoms with Crippen LogP contribution < -0.4 is 0 Å². The maximum Gasteiger partial charge on any atom is 0.533 e. The zero-order valence-corrected chi connectivity index (χ0v) is 9.26. The van der Waals surface area contributed by atoms with Gasteiger partial charge in [0.25, 0.3) is 0 Å². The van der Waals surface area contributed by atoms with Gasteiger partial charge >= 0.3 is 7.82 Å². The Kier molecular flexibility index (Phi) is 4.01. The van der Waals surface area contributed by atoms with Gasteiger partial charge in [-0.1, -0.05) is 25.6 Å². The van der Waals surface area contributed by atoms with Crippen LogP contribution >= 0.6 is 7.82 Å². The third-order valence-electron chi connectivity index (χ3n) is 0.855. The molecule has 0 bridgehead atoms. The van der Waals surface area contributed by atoms with E-state index < -0.39 is 15.9 Å². The second kappa shape index (κ2) is 4.10. The molecular formula is C6H13O4PSi. The van der Waals surface area contributed by atoms with Crippen molar-refractivity contribution in [2.75, 3.05) is 0 Å². The lowest BCUT2D eigenvalue weighted by atomic mass is 10.8. The van der Waals surface area contributed by atoms with Crippen LogP contribution in [0.3, 0.4) is 0 Å². The smallest absolute Gasteiger partial charge is 0.350 e. The summed E-state index contributed by atoms with van der Waals surface area (Å²) in [4.78, 5) is 16.5. The Morgan fingerprint density at radius 1 is 1.42 bits per heavy atom. The van der Waals surface area contributed by atoms with Crippen molar-refractivity contribution in [3.63, 3.8) is 0 Å². The topological polar surface area (TPSA) is 66.8 Å². The SMILES string of the molecule is C[Si](C)(C)CC#COP(=O)(O)O. The molecule has 0 aromatic rings. The molecule has 0 aromatic heterocycles. The monoisotopic (exact) mass is 208 g/mol. The first-order chi connectivity index (χ1) is 5.21. The summed E-state index contributed by atoms with van der Waals surface area (Å²) in [7, 11) is -5.67. The highest BCUT2D eigenvalue weighted by Crippen LogP contribution is 2.34. The molecular weight excluding hydrogens is 195 g/mol. The average molecular weight is 208 g/mol. The molecule has 12 heavy (non-hydrogen) atoms. The summed E-state index contributed by atoms with van der Waals surface area (Å²) in [5, 5.41) is 0. The lowest BCUT2D eigenvalue weighted by molar-refractivity contribution is 0.269. The Balaban J connectivity index is 3.86. The summed E-state index contributed by atoms with van der Waals surface area (Å²) in [6, 6.07) is 0.674. The van der Waals surface area contributed by atoms with Crippen LogP contribution in [0.25, 0.3) is 0 Å². The maximum atomic E-state index is 10.1. The van der Waals surface area contributed by atoms with E-state index in [4.69, 9.17) is 9.79 Å². The van der Waals surface area contributed by atoms with E-state index in [9.17, 15) is 4.57 Å². The van der Waals surface area contributed by atoms with Crippen molar-refractivity contribution in [1.82, 2.24) is 0 Å². The average Bonchev–Trinajstić information content (AvgIpc) is 1.76. The normalized spacial score (nSPS) is 11.8. The standard InChI is InChI=1S/C6H13O4PSi/c1-12(2,3)6-4-5-10-11(7,8)9/h6H2,1-3H3,(H2,7,8,9). The largest absolute Gasteiger partial charge is 0.533 e. The van der Waals surface area contributed by atoms with Crippen LogP contribution in [0, 0.1) is 12.0 Å². The molecule has 4 nitrogen and oxygen atoms in total. The van der Waals surface area contributed by atoms with Gasteiger partial charge in [-0.15, -0.1) is 0 Å². The summed E-state index contributed by atoms with van der Waals surface area (Å²) in [6.07, 6.45) is 2.00. The predicted octanol–water partition coefficient (Wildman–Crippen LogP) is 1.39. The Morgan fingerprint density at radius 2 is 1.92 bits per heavy atom. The molecule has 0 radical (unpaired) electrons. The Bertz CT molecular complexity index is 240. The molecule has 0 rings (SSSR count). The van der Waals surface area contributed by atoms with E-state index in [0.29, 0.717) is 6.04 Å². The van der Waals surface area contributed by atoms with Gasteiger partial charge in [0.15, 0.2) is 0 Å².